The molecule has 0 aliphatic rings. The van der Waals surface area contributed by atoms with Gasteiger partial charge in [-0.05, 0) is 54.8 Å². The first-order chi connectivity index (χ1) is 11.9. The lowest BCUT2D eigenvalue weighted by atomic mass is 10.1. The van der Waals surface area contributed by atoms with Crippen LogP contribution in [-0.2, 0) is 23.0 Å². The summed E-state index contributed by atoms with van der Waals surface area (Å²) in [6, 6.07) is 12.4. The molecule has 6 heteroatoms. The predicted molar refractivity (Wildman–Crippen MR) is 98.6 cm³/mol. The highest BCUT2D eigenvalue weighted by Crippen LogP contribution is 2.25. The fraction of sp³-hybridized carbons (Fsp3) is 0.368. The minimum Gasteiger partial charge on any atom is -0.496 e. The molecule has 136 valence electrons. The highest BCUT2D eigenvalue weighted by atomic mass is 32.2. The average molecular weight is 363 g/mol. The summed E-state index contributed by atoms with van der Waals surface area (Å²) in [6.07, 6.45) is 0.701. The smallest absolute Gasteiger partial charge is 0.243 e. The van der Waals surface area contributed by atoms with E-state index >= 15 is 0 Å². The molecule has 0 bridgehead atoms. The zero-order valence-corrected chi connectivity index (χ0v) is 16.0. The van der Waals surface area contributed by atoms with Gasteiger partial charge < -0.3 is 9.47 Å². The fourth-order valence-electron chi connectivity index (χ4n) is 2.61. The Hall–Kier alpha value is -2.05. The van der Waals surface area contributed by atoms with Crippen molar-refractivity contribution in [3.8, 4) is 11.5 Å². The maximum atomic E-state index is 12.9. The van der Waals surface area contributed by atoms with Crippen LogP contribution < -0.4 is 9.47 Å². The number of sulfonamides is 1. The van der Waals surface area contributed by atoms with Gasteiger partial charge in [-0.15, -0.1) is 0 Å². The molecule has 0 saturated carbocycles. The third kappa shape index (κ3) is 4.52. The van der Waals surface area contributed by atoms with Crippen LogP contribution in [0.2, 0.25) is 0 Å². The van der Waals surface area contributed by atoms with Gasteiger partial charge in [-0.1, -0.05) is 19.1 Å². The van der Waals surface area contributed by atoms with Crippen LogP contribution >= 0.6 is 0 Å². The van der Waals surface area contributed by atoms with E-state index in [2.05, 4.69) is 0 Å². The molecule has 0 aliphatic heterocycles. The van der Waals surface area contributed by atoms with E-state index in [0.717, 1.165) is 16.9 Å². The Labute approximate surface area is 150 Å². The lowest BCUT2D eigenvalue weighted by Gasteiger charge is -2.19. The van der Waals surface area contributed by atoms with Gasteiger partial charge in [-0.25, -0.2) is 8.42 Å². The van der Waals surface area contributed by atoms with Crippen molar-refractivity contribution in [3.63, 3.8) is 0 Å². The molecule has 0 heterocycles. The molecule has 0 aliphatic carbocycles. The molecule has 0 fully saturated rings. The van der Waals surface area contributed by atoms with Gasteiger partial charge in [-0.3, -0.25) is 0 Å². The monoisotopic (exact) mass is 363 g/mol. The number of aryl methyl sites for hydroxylation is 1. The first-order valence-electron chi connectivity index (χ1n) is 8.27. The van der Waals surface area contributed by atoms with Crippen molar-refractivity contribution >= 4 is 10.0 Å². The first kappa shape index (κ1) is 19.3. The molecule has 0 N–H and O–H groups in total. The zero-order chi connectivity index (χ0) is 18.4. The van der Waals surface area contributed by atoms with Crippen LogP contribution in [-0.4, -0.2) is 33.5 Å². The number of hydrogen-bond donors (Lipinski definition) is 0. The molecule has 2 aromatic rings. The second-order valence-electron chi connectivity index (χ2n) is 5.67. The second-order valence-corrected chi connectivity index (χ2v) is 7.71. The Balaban J connectivity index is 2.25. The Kier molecular flexibility index (Phi) is 6.45. The van der Waals surface area contributed by atoms with Gasteiger partial charge in [0.25, 0.3) is 0 Å². The van der Waals surface area contributed by atoms with Gasteiger partial charge in [0, 0.05) is 13.6 Å². The minimum atomic E-state index is -3.58. The lowest BCUT2D eigenvalue weighted by molar-refractivity contribution is 0.339. The van der Waals surface area contributed by atoms with Crippen molar-refractivity contribution < 1.29 is 17.9 Å². The molecule has 0 unspecified atom stereocenters. The topological polar surface area (TPSA) is 55.8 Å². The van der Waals surface area contributed by atoms with E-state index in [0.29, 0.717) is 18.8 Å². The minimum absolute atomic E-state index is 0.272. The maximum absolute atomic E-state index is 12.9. The highest BCUT2D eigenvalue weighted by Gasteiger charge is 2.22. The van der Waals surface area contributed by atoms with Crippen molar-refractivity contribution in [1.82, 2.24) is 4.31 Å². The molecule has 0 amide bonds. The summed E-state index contributed by atoms with van der Waals surface area (Å²) in [5.74, 6) is 1.44. The number of rotatable bonds is 8. The number of methoxy groups -OCH3 is 1. The standard InChI is InChI=1S/C19H25NO4S/c1-5-16-13-18(10-11-19(16)23-4)25(21,22)20(3)14-15-8-7-9-17(12-15)24-6-2/h7-13H,5-6,14H2,1-4H3. The quantitative estimate of drug-likeness (QED) is 0.720. The average Bonchev–Trinajstić information content (AvgIpc) is 2.61. The summed E-state index contributed by atoms with van der Waals surface area (Å²) in [6.45, 7) is 4.73. The Morgan fingerprint density at radius 3 is 2.48 bits per heavy atom. The van der Waals surface area contributed by atoms with Gasteiger partial charge in [0.1, 0.15) is 11.5 Å². The van der Waals surface area contributed by atoms with Crippen LogP contribution in [0.3, 0.4) is 0 Å². The van der Waals surface area contributed by atoms with Crippen molar-refractivity contribution in [2.24, 2.45) is 0 Å². The van der Waals surface area contributed by atoms with E-state index in [9.17, 15) is 8.42 Å². The molecular weight excluding hydrogens is 338 g/mol. The van der Waals surface area contributed by atoms with Crippen LogP contribution in [0.25, 0.3) is 0 Å². The van der Waals surface area contributed by atoms with Gasteiger partial charge in [-0.2, -0.15) is 4.31 Å². The second kappa shape index (κ2) is 8.36. The summed E-state index contributed by atoms with van der Waals surface area (Å²) in [4.78, 5) is 0.272. The van der Waals surface area contributed by atoms with Crippen LogP contribution in [0.1, 0.15) is 25.0 Å². The third-order valence-corrected chi connectivity index (χ3v) is 5.76. The first-order valence-corrected chi connectivity index (χ1v) is 9.71. The Morgan fingerprint density at radius 2 is 1.84 bits per heavy atom. The van der Waals surface area contributed by atoms with E-state index in [1.807, 2.05) is 38.1 Å². The maximum Gasteiger partial charge on any atom is 0.243 e. The number of ether oxygens (including phenoxy) is 2. The molecule has 0 spiro atoms. The molecule has 2 aromatic carbocycles. The van der Waals surface area contributed by atoms with E-state index in [-0.39, 0.29) is 11.4 Å². The van der Waals surface area contributed by atoms with Gasteiger partial charge in [0.15, 0.2) is 0 Å². The van der Waals surface area contributed by atoms with Crippen molar-refractivity contribution in [2.45, 2.75) is 31.7 Å². The Morgan fingerprint density at radius 1 is 1.08 bits per heavy atom. The highest BCUT2D eigenvalue weighted by molar-refractivity contribution is 7.89. The number of nitrogens with zero attached hydrogens (tertiary/aromatic N) is 1. The van der Waals surface area contributed by atoms with Gasteiger partial charge >= 0.3 is 0 Å². The van der Waals surface area contributed by atoms with Crippen molar-refractivity contribution in [2.75, 3.05) is 20.8 Å². The van der Waals surface area contributed by atoms with Crippen LogP contribution in [0.15, 0.2) is 47.4 Å². The van der Waals surface area contributed by atoms with Crippen LogP contribution in [0.4, 0.5) is 0 Å². The van der Waals surface area contributed by atoms with E-state index in [1.165, 1.54) is 4.31 Å². The van der Waals surface area contributed by atoms with Crippen LogP contribution in [0.5, 0.6) is 11.5 Å². The van der Waals surface area contributed by atoms with Gasteiger partial charge in [0.2, 0.25) is 10.0 Å². The molecule has 0 saturated heterocycles. The summed E-state index contributed by atoms with van der Waals surface area (Å²) in [5, 5.41) is 0. The van der Waals surface area contributed by atoms with E-state index in [1.54, 1.807) is 32.4 Å². The molecular formula is C19H25NO4S. The van der Waals surface area contributed by atoms with Crippen molar-refractivity contribution in [3.05, 3.63) is 53.6 Å². The summed E-state index contributed by atoms with van der Waals surface area (Å²) in [7, 11) is -0.418. The van der Waals surface area contributed by atoms with Gasteiger partial charge in [0.05, 0.1) is 18.6 Å². The summed E-state index contributed by atoms with van der Waals surface area (Å²) in [5.41, 5.74) is 1.75. The SMILES string of the molecule is CCOc1cccc(CN(C)S(=O)(=O)c2ccc(OC)c(CC)c2)c1. The molecule has 5 nitrogen and oxygen atoms in total. The Bertz CT molecular complexity index is 818. The third-order valence-electron chi connectivity index (χ3n) is 3.96. The lowest BCUT2D eigenvalue weighted by Crippen LogP contribution is -2.26. The molecule has 0 radical (unpaired) electrons. The fourth-order valence-corrected chi connectivity index (χ4v) is 3.82. The van der Waals surface area contributed by atoms with E-state index < -0.39 is 10.0 Å². The number of benzene rings is 2. The summed E-state index contributed by atoms with van der Waals surface area (Å²) < 4.78 is 37.8. The molecule has 0 atom stereocenters. The van der Waals surface area contributed by atoms with Crippen molar-refractivity contribution in [1.29, 1.82) is 0 Å². The zero-order valence-electron chi connectivity index (χ0n) is 15.2. The molecule has 25 heavy (non-hydrogen) atoms. The van der Waals surface area contributed by atoms with Crippen LogP contribution in [0, 0.1) is 0 Å². The largest absolute Gasteiger partial charge is 0.496 e. The molecule has 0 aromatic heterocycles. The number of hydrogen-bond acceptors (Lipinski definition) is 4. The van der Waals surface area contributed by atoms with E-state index in [4.69, 9.17) is 9.47 Å². The normalized spacial score (nSPS) is 11.6. The summed E-state index contributed by atoms with van der Waals surface area (Å²) >= 11 is 0. The predicted octanol–water partition coefficient (Wildman–Crippen LogP) is 3.48. The molecule has 2 rings (SSSR count).